The van der Waals surface area contributed by atoms with Crippen LogP contribution in [-0.2, 0) is 10.0 Å². The van der Waals surface area contributed by atoms with E-state index in [0.29, 0.717) is 30.2 Å². The molecule has 0 aliphatic carbocycles. The molecule has 0 aromatic heterocycles. The zero-order chi connectivity index (χ0) is 21.2. The first-order valence-electron chi connectivity index (χ1n) is 9.48. The summed E-state index contributed by atoms with van der Waals surface area (Å²) in [5.74, 6) is 0.136. The molecule has 1 N–H and O–H groups in total. The van der Waals surface area contributed by atoms with Crippen molar-refractivity contribution in [1.82, 2.24) is 4.31 Å². The third-order valence-corrected chi connectivity index (χ3v) is 7.75. The van der Waals surface area contributed by atoms with Gasteiger partial charge in [0.05, 0.1) is 10.5 Å². The van der Waals surface area contributed by atoms with Crippen molar-refractivity contribution in [2.45, 2.75) is 43.6 Å². The van der Waals surface area contributed by atoms with Crippen LogP contribution in [0.5, 0.6) is 5.75 Å². The highest BCUT2D eigenvalue weighted by Gasteiger charge is 2.35. The number of benzene rings is 2. The van der Waals surface area contributed by atoms with E-state index in [1.54, 1.807) is 0 Å². The van der Waals surface area contributed by atoms with Crippen molar-refractivity contribution >= 4 is 21.6 Å². The van der Waals surface area contributed by atoms with Crippen LogP contribution in [0.4, 0.5) is 4.39 Å². The molecule has 0 radical (unpaired) electrons. The van der Waals surface area contributed by atoms with Gasteiger partial charge in [0, 0.05) is 18.1 Å². The van der Waals surface area contributed by atoms with E-state index in [1.807, 2.05) is 26.0 Å². The van der Waals surface area contributed by atoms with Crippen LogP contribution in [0.3, 0.4) is 0 Å². The normalized spacial score (nSPS) is 21.0. The van der Waals surface area contributed by atoms with Crippen LogP contribution in [0.15, 0.2) is 41.3 Å². The largest absolute Gasteiger partial charge is 0.491 e. The Bertz CT molecular complexity index is 958. The molecule has 1 unspecified atom stereocenters. The summed E-state index contributed by atoms with van der Waals surface area (Å²) in [5.41, 5.74) is 0.659. The van der Waals surface area contributed by atoms with E-state index in [4.69, 9.17) is 16.3 Å². The van der Waals surface area contributed by atoms with Gasteiger partial charge in [0.25, 0.3) is 0 Å². The van der Waals surface area contributed by atoms with Crippen molar-refractivity contribution < 1.29 is 22.7 Å². The van der Waals surface area contributed by atoms with Gasteiger partial charge in [0.1, 0.15) is 18.2 Å². The van der Waals surface area contributed by atoms with Crippen LogP contribution in [0.25, 0.3) is 0 Å². The number of sulfonamides is 1. The number of hydrogen-bond donors (Lipinski definition) is 1. The van der Waals surface area contributed by atoms with E-state index in [-0.39, 0.29) is 24.5 Å². The topological polar surface area (TPSA) is 66.8 Å². The van der Waals surface area contributed by atoms with E-state index in [0.717, 1.165) is 23.3 Å². The molecule has 1 aliphatic heterocycles. The highest BCUT2D eigenvalue weighted by Crippen LogP contribution is 2.29. The maximum Gasteiger partial charge on any atom is 0.243 e. The number of ether oxygens (including phenoxy) is 1. The Kier molecular flexibility index (Phi) is 6.53. The molecule has 1 saturated heterocycles. The van der Waals surface area contributed by atoms with E-state index in [2.05, 4.69) is 0 Å². The lowest BCUT2D eigenvalue weighted by atomic mass is 9.96. The SMILES string of the molecule is Cc1cc(OCC2(O)CCCN(S(=O)(=O)c3ccc(F)cc3)CC2)cc(C)c1Cl. The number of rotatable bonds is 5. The van der Waals surface area contributed by atoms with Crippen LogP contribution in [0.1, 0.15) is 30.4 Å². The molecule has 0 bridgehead atoms. The Morgan fingerprint density at radius 2 is 1.76 bits per heavy atom. The predicted molar refractivity (Wildman–Crippen MR) is 110 cm³/mol. The monoisotopic (exact) mass is 441 g/mol. The average Bonchev–Trinajstić information content (AvgIpc) is 2.87. The average molecular weight is 442 g/mol. The molecule has 2 aromatic carbocycles. The van der Waals surface area contributed by atoms with Crippen LogP contribution < -0.4 is 4.74 Å². The molecule has 0 amide bonds. The van der Waals surface area contributed by atoms with Gasteiger partial charge in [-0.3, -0.25) is 0 Å². The van der Waals surface area contributed by atoms with Crippen LogP contribution in [0, 0.1) is 19.7 Å². The molecule has 29 heavy (non-hydrogen) atoms. The van der Waals surface area contributed by atoms with Crippen LogP contribution in [-0.4, -0.2) is 43.1 Å². The van der Waals surface area contributed by atoms with Gasteiger partial charge in [-0.25, -0.2) is 12.8 Å². The maximum atomic E-state index is 13.1. The molecular weight excluding hydrogens is 417 g/mol. The van der Waals surface area contributed by atoms with Crippen molar-refractivity contribution in [3.8, 4) is 5.75 Å². The minimum Gasteiger partial charge on any atom is -0.491 e. The minimum absolute atomic E-state index is 0.0488. The summed E-state index contributed by atoms with van der Waals surface area (Å²) >= 11 is 6.18. The molecular formula is C21H25ClFNO4S. The minimum atomic E-state index is -3.74. The van der Waals surface area contributed by atoms with Crippen molar-refractivity contribution in [3.63, 3.8) is 0 Å². The highest BCUT2D eigenvalue weighted by atomic mass is 35.5. The standard InChI is InChI=1S/C21H25ClFNO4S/c1-15-12-18(13-16(2)20(15)22)28-14-21(25)8-3-10-24(11-9-21)29(26,27)19-6-4-17(23)5-7-19/h4-7,12-13,25H,3,8-11,14H2,1-2H3. The number of hydrogen-bond acceptors (Lipinski definition) is 4. The Morgan fingerprint density at radius 1 is 1.14 bits per heavy atom. The molecule has 0 spiro atoms. The lowest BCUT2D eigenvalue weighted by Crippen LogP contribution is -2.38. The van der Waals surface area contributed by atoms with E-state index >= 15 is 0 Å². The van der Waals surface area contributed by atoms with Crippen molar-refractivity contribution in [2.75, 3.05) is 19.7 Å². The number of aryl methyl sites for hydroxylation is 2. The molecule has 5 nitrogen and oxygen atoms in total. The maximum absolute atomic E-state index is 13.1. The molecule has 1 heterocycles. The van der Waals surface area contributed by atoms with Gasteiger partial charge in [0.15, 0.2) is 0 Å². The number of nitrogens with zero attached hydrogens (tertiary/aromatic N) is 1. The summed E-state index contributed by atoms with van der Waals surface area (Å²) in [4.78, 5) is 0.0488. The molecule has 1 fully saturated rings. The zero-order valence-corrected chi connectivity index (χ0v) is 18.1. The first kappa shape index (κ1) is 22.0. The lowest BCUT2D eigenvalue weighted by molar-refractivity contribution is -0.0156. The van der Waals surface area contributed by atoms with Crippen molar-refractivity contribution in [2.24, 2.45) is 0 Å². The third-order valence-electron chi connectivity index (χ3n) is 5.25. The second-order valence-corrected chi connectivity index (χ2v) is 9.91. The molecule has 1 aliphatic rings. The van der Waals surface area contributed by atoms with Gasteiger partial charge in [-0.05, 0) is 80.6 Å². The fourth-order valence-corrected chi connectivity index (χ4v) is 5.09. The van der Waals surface area contributed by atoms with Crippen LogP contribution >= 0.6 is 11.6 Å². The van der Waals surface area contributed by atoms with E-state index in [1.165, 1.54) is 16.4 Å². The quantitative estimate of drug-likeness (QED) is 0.759. The number of aliphatic hydroxyl groups is 1. The summed E-state index contributed by atoms with van der Waals surface area (Å²) < 4.78 is 45.9. The molecule has 158 valence electrons. The second-order valence-electron chi connectivity index (χ2n) is 7.60. The van der Waals surface area contributed by atoms with E-state index < -0.39 is 21.4 Å². The summed E-state index contributed by atoms with van der Waals surface area (Å²) in [6.45, 7) is 4.30. The van der Waals surface area contributed by atoms with Crippen molar-refractivity contribution in [3.05, 3.63) is 58.4 Å². The molecule has 8 heteroatoms. The number of halogens is 2. The Hall–Kier alpha value is -1.67. The first-order valence-corrected chi connectivity index (χ1v) is 11.3. The van der Waals surface area contributed by atoms with Gasteiger partial charge >= 0.3 is 0 Å². The molecule has 3 rings (SSSR count). The Labute approximate surface area is 176 Å². The molecule has 1 atom stereocenters. The van der Waals surface area contributed by atoms with Gasteiger partial charge in [0.2, 0.25) is 10.0 Å². The van der Waals surface area contributed by atoms with Gasteiger partial charge in [-0.1, -0.05) is 11.6 Å². The molecule has 0 saturated carbocycles. The highest BCUT2D eigenvalue weighted by molar-refractivity contribution is 7.89. The van der Waals surface area contributed by atoms with E-state index in [9.17, 15) is 17.9 Å². The smallest absolute Gasteiger partial charge is 0.243 e. The predicted octanol–water partition coefficient (Wildman–Crippen LogP) is 4.08. The molecule has 2 aromatic rings. The van der Waals surface area contributed by atoms with Crippen LogP contribution in [0.2, 0.25) is 5.02 Å². The summed E-state index contributed by atoms with van der Waals surface area (Å²) in [7, 11) is -3.74. The first-order chi connectivity index (χ1) is 13.6. The fourth-order valence-electron chi connectivity index (χ4n) is 3.50. The van der Waals surface area contributed by atoms with Gasteiger partial charge in [-0.2, -0.15) is 4.31 Å². The zero-order valence-electron chi connectivity index (χ0n) is 16.5. The second kappa shape index (κ2) is 8.60. The Morgan fingerprint density at radius 3 is 2.38 bits per heavy atom. The summed E-state index contributed by atoms with van der Waals surface area (Å²) in [6.07, 6.45) is 1.17. The summed E-state index contributed by atoms with van der Waals surface area (Å²) in [5, 5.41) is 11.7. The third kappa shape index (κ3) is 5.09. The Balaban J connectivity index is 1.67. The van der Waals surface area contributed by atoms with Gasteiger partial charge in [-0.15, -0.1) is 0 Å². The summed E-state index contributed by atoms with van der Waals surface area (Å²) in [6, 6.07) is 8.42. The fraction of sp³-hybridized carbons (Fsp3) is 0.429. The van der Waals surface area contributed by atoms with Crippen molar-refractivity contribution in [1.29, 1.82) is 0 Å². The van der Waals surface area contributed by atoms with Gasteiger partial charge < -0.3 is 9.84 Å². The lowest BCUT2D eigenvalue weighted by Gasteiger charge is -2.27.